The molecule has 1 unspecified atom stereocenters. The number of hydrogen-bond acceptors (Lipinski definition) is 3. The summed E-state index contributed by atoms with van der Waals surface area (Å²) in [7, 11) is -4.35. The summed E-state index contributed by atoms with van der Waals surface area (Å²) in [5.41, 5.74) is 1.22. The van der Waals surface area contributed by atoms with Crippen LogP contribution in [-0.4, -0.2) is 19.3 Å². The minimum absolute atomic E-state index is 0.208. The van der Waals surface area contributed by atoms with E-state index in [-0.39, 0.29) is 11.8 Å². The highest BCUT2D eigenvalue weighted by atomic mass is 32.2. The van der Waals surface area contributed by atoms with Crippen LogP contribution in [0.15, 0.2) is 24.3 Å². The van der Waals surface area contributed by atoms with Gasteiger partial charge < -0.3 is 4.79 Å². The number of aryl methyl sites for hydroxylation is 1. The van der Waals surface area contributed by atoms with Crippen molar-refractivity contribution < 1.29 is 17.8 Å². The van der Waals surface area contributed by atoms with Gasteiger partial charge in [-0.3, -0.25) is 4.55 Å². The molecule has 0 saturated carbocycles. The molecule has 5 heteroatoms. The van der Waals surface area contributed by atoms with Crippen LogP contribution >= 0.6 is 0 Å². The van der Waals surface area contributed by atoms with Crippen LogP contribution in [0.25, 0.3) is 0 Å². The minimum Gasteiger partial charge on any atom is -0.301 e. The Morgan fingerprint density at radius 3 is 2.14 bits per heavy atom. The Kier molecular flexibility index (Phi) is 3.03. The smallest absolute Gasteiger partial charge is 0.278 e. The van der Waals surface area contributed by atoms with Crippen molar-refractivity contribution in [1.29, 1.82) is 0 Å². The molecule has 14 heavy (non-hydrogen) atoms. The van der Waals surface area contributed by atoms with Crippen LogP contribution in [0, 0.1) is 6.92 Å². The first-order valence-electron chi connectivity index (χ1n) is 3.93. The average Bonchev–Trinajstić information content (AvgIpc) is 2.07. The van der Waals surface area contributed by atoms with Gasteiger partial charge in [-0.1, -0.05) is 29.8 Å². The van der Waals surface area contributed by atoms with Crippen molar-refractivity contribution in [3.05, 3.63) is 35.4 Å². The van der Waals surface area contributed by atoms with Gasteiger partial charge in [-0.2, -0.15) is 8.42 Å². The lowest BCUT2D eigenvalue weighted by molar-refractivity contribution is -0.107. The van der Waals surface area contributed by atoms with Crippen LogP contribution in [-0.2, 0) is 14.9 Å². The van der Waals surface area contributed by atoms with E-state index in [2.05, 4.69) is 0 Å². The third-order valence-corrected chi connectivity index (χ3v) is 2.88. The van der Waals surface area contributed by atoms with E-state index in [0.717, 1.165) is 5.56 Å². The number of hydrogen-bond donors (Lipinski definition) is 1. The van der Waals surface area contributed by atoms with Crippen molar-refractivity contribution in [2.24, 2.45) is 0 Å². The Morgan fingerprint density at radius 1 is 1.29 bits per heavy atom. The molecule has 1 aromatic rings. The summed E-state index contributed by atoms with van der Waals surface area (Å²) in [4.78, 5) is 10.5. The van der Waals surface area contributed by atoms with Gasteiger partial charge in [0.05, 0.1) is 0 Å². The number of carbonyl (C=O) groups excluding carboxylic acids is 1. The maximum atomic E-state index is 10.8. The fraction of sp³-hybridized carbons (Fsp3) is 0.222. The molecule has 0 aliphatic rings. The molecule has 0 radical (unpaired) electrons. The first kappa shape index (κ1) is 10.9. The van der Waals surface area contributed by atoms with Gasteiger partial charge in [-0.15, -0.1) is 0 Å². The second-order valence-corrected chi connectivity index (χ2v) is 4.52. The zero-order chi connectivity index (χ0) is 10.8. The van der Waals surface area contributed by atoms with Gasteiger partial charge >= 0.3 is 0 Å². The minimum atomic E-state index is -4.35. The Hall–Kier alpha value is -1.20. The molecule has 1 aromatic carbocycles. The number of aldehydes is 1. The van der Waals surface area contributed by atoms with E-state index >= 15 is 0 Å². The third-order valence-electron chi connectivity index (χ3n) is 1.85. The standard InChI is InChI=1S/C9H10O4S/c1-7-2-4-8(5-3-7)9(6-10)14(11,12)13/h2-6,9H,1H3,(H,11,12,13). The first-order chi connectivity index (χ1) is 6.45. The van der Waals surface area contributed by atoms with Crippen molar-refractivity contribution in [3.63, 3.8) is 0 Å². The number of benzene rings is 1. The number of rotatable bonds is 3. The van der Waals surface area contributed by atoms with E-state index in [9.17, 15) is 13.2 Å². The van der Waals surface area contributed by atoms with Gasteiger partial charge in [0.1, 0.15) is 6.29 Å². The van der Waals surface area contributed by atoms with Crippen LogP contribution in [0.4, 0.5) is 0 Å². The predicted molar refractivity (Wildman–Crippen MR) is 51.5 cm³/mol. The van der Waals surface area contributed by atoms with E-state index < -0.39 is 15.4 Å². The highest BCUT2D eigenvalue weighted by Gasteiger charge is 2.23. The van der Waals surface area contributed by atoms with Crippen LogP contribution in [0.2, 0.25) is 0 Å². The summed E-state index contributed by atoms with van der Waals surface area (Å²) >= 11 is 0. The molecule has 0 aliphatic carbocycles. The molecule has 0 heterocycles. The lowest BCUT2D eigenvalue weighted by Crippen LogP contribution is -2.13. The maximum Gasteiger partial charge on any atom is 0.278 e. The van der Waals surface area contributed by atoms with Crippen molar-refractivity contribution in [3.8, 4) is 0 Å². The summed E-state index contributed by atoms with van der Waals surface area (Å²) in [6, 6.07) is 6.36. The Labute approximate surface area is 82.3 Å². The molecule has 1 atom stereocenters. The van der Waals surface area contributed by atoms with E-state index in [1.54, 1.807) is 12.1 Å². The molecule has 0 aliphatic heterocycles. The Bertz CT molecular complexity index is 419. The second kappa shape index (κ2) is 3.89. The van der Waals surface area contributed by atoms with E-state index in [1.165, 1.54) is 12.1 Å². The van der Waals surface area contributed by atoms with Gasteiger partial charge in [0.2, 0.25) is 0 Å². The topological polar surface area (TPSA) is 71.4 Å². The summed E-state index contributed by atoms with van der Waals surface area (Å²) in [6.45, 7) is 1.84. The fourth-order valence-corrected chi connectivity index (χ4v) is 1.72. The molecular formula is C9H10O4S. The third kappa shape index (κ3) is 2.40. The SMILES string of the molecule is Cc1ccc(C(C=O)S(=O)(=O)O)cc1. The summed E-state index contributed by atoms with van der Waals surface area (Å²) in [5.74, 6) is 0. The highest BCUT2D eigenvalue weighted by Crippen LogP contribution is 2.19. The van der Waals surface area contributed by atoms with Gasteiger partial charge in [0.25, 0.3) is 10.1 Å². The van der Waals surface area contributed by atoms with E-state index in [0.29, 0.717) is 0 Å². The highest BCUT2D eigenvalue weighted by molar-refractivity contribution is 7.86. The molecule has 0 amide bonds. The molecule has 0 bridgehead atoms. The van der Waals surface area contributed by atoms with Crippen LogP contribution in [0.5, 0.6) is 0 Å². The van der Waals surface area contributed by atoms with Crippen molar-refractivity contribution in [1.82, 2.24) is 0 Å². The molecular weight excluding hydrogens is 204 g/mol. The van der Waals surface area contributed by atoms with Crippen LogP contribution < -0.4 is 0 Å². The average molecular weight is 214 g/mol. The molecule has 0 aromatic heterocycles. The second-order valence-electron chi connectivity index (χ2n) is 2.98. The predicted octanol–water partition coefficient (Wildman–Crippen LogP) is 1.12. The summed E-state index contributed by atoms with van der Waals surface area (Å²) in [6.07, 6.45) is 0.208. The first-order valence-corrected chi connectivity index (χ1v) is 5.43. The van der Waals surface area contributed by atoms with Crippen molar-refractivity contribution >= 4 is 16.4 Å². The van der Waals surface area contributed by atoms with Crippen molar-refractivity contribution in [2.45, 2.75) is 12.2 Å². The Balaban J connectivity index is 3.15. The van der Waals surface area contributed by atoms with Gasteiger partial charge in [0, 0.05) is 0 Å². The van der Waals surface area contributed by atoms with Crippen LogP contribution in [0.1, 0.15) is 16.4 Å². The molecule has 0 spiro atoms. The van der Waals surface area contributed by atoms with E-state index in [4.69, 9.17) is 4.55 Å². The fourth-order valence-electron chi connectivity index (χ4n) is 1.08. The lowest BCUT2D eigenvalue weighted by atomic mass is 10.1. The number of carbonyl (C=O) groups is 1. The normalized spacial score (nSPS) is 13.6. The quantitative estimate of drug-likeness (QED) is 0.604. The van der Waals surface area contributed by atoms with Crippen molar-refractivity contribution in [2.75, 3.05) is 0 Å². The molecule has 0 saturated heterocycles. The zero-order valence-corrected chi connectivity index (χ0v) is 8.36. The molecule has 1 N–H and O–H groups in total. The molecule has 0 fully saturated rings. The van der Waals surface area contributed by atoms with Gasteiger partial charge in [-0.25, -0.2) is 0 Å². The molecule has 4 nitrogen and oxygen atoms in total. The molecule has 1 rings (SSSR count). The zero-order valence-electron chi connectivity index (χ0n) is 7.54. The summed E-state index contributed by atoms with van der Waals surface area (Å²) < 4.78 is 30.3. The Morgan fingerprint density at radius 2 is 1.79 bits per heavy atom. The largest absolute Gasteiger partial charge is 0.301 e. The van der Waals surface area contributed by atoms with Gasteiger partial charge in [0.15, 0.2) is 5.25 Å². The lowest BCUT2D eigenvalue weighted by Gasteiger charge is -2.06. The van der Waals surface area contributed by atoms with Crippen LogP contribution in [0.3, 0.4) is 0 Å². The monoisotopic (exact) mass is 214 g/mol. The van der Waals surface area contributed by atoms with Gasteiger partial charge in [-0.05, 0) is 12.5 Å². The maximum absolute atomic E-state index is 10.8. The summed E-state index contributed by atoms with van der Waals surface area (Å²) in [5, 5.41) is -1.48. The van der Waals surface area contributed by atoms with E-state index in [1.807, 2.05) is 6.92 Å². The molecule has 76 valence electrons.